The van der Waals surface area contributed by atoms with Crippen LogP contribution >= 0.6 is 23.5 Å². The highest BCUT2D eigenvalue weighted by Gasteiger charge is 2.51. The van der Waals surface area contributed by atoms with E-state index in [4.69, 9.17) is 40.1 Å². The van der Waals surface area contributed by atoms with Crippen molar-refractivity contribution in [3.8, 4) is 23.0 Å². The van der Waals surface area contributed by atoms with Crippen molar-refractivity contribution in [2.24, 2.45) is 11.5 Å². The van der Waals surface area contributed by atoms with Gasteiger partial charge in [-0.3, -0.25) is 9.59 Å². The smallest absolute Gasteiger partial charge is 0.336 e. The van der Waals surface area contributed by atoms with E-state index in [1.165, 1.54) is 37.7 Å². The number of nitrogens with zero attached hydrogens (tertiary/aromatic N) is 2. The van der Waals surface area contributed by atoms with E-state index in [9.17, 15) is 19.2 Å². The standard InChI is InChI=1S/C29H36N4O10S2/c1-38-20-5-9-22(10-6-20)40-18-28(26(30)36)32(13-3-15-44-28)42-24(34)17-25(35)43-33-14-4-16-45-29(33,27(31)37)19-41-23-11-7-21(39-2)8-12-23/h5-12H,3-4,13-19H2,1-2H3,(H2,30,36)(H2,31,37). The fourth-order valence-corrected chi connectivity index (χ4v) is 6.87. The molecule has 4 N–H and O–H groups in total. The second kappa shape index (κ2) is 15.4. The maximum absolute atomic E-state index is 12.9. The first kappa shape index (κ1) is 34.0. The van der Waals surface area contributed by atoms with Gasteiger partial charge >= 0.3 is 11.9 Å². The van der Waals surface area contributed by atoms with Crippen molar-refractivity contribution in [3.05, 3.63) is 48.5 Å². The monoisotopic (exact) mass is 664 g/mol. The fraction of sp³-hybridized carbons (Fsp3) is 0.448. The van der Waals surface area contributed by atoms with Gasteiger partial charge in [0.15, 0.2) is 0 Å². The van der Waals surface area contributed by atoms with E-state index in [0.29, 0.717) is 47.3 Å². The zero-order valence-corrected chi connectivity index (χ0v) is 26.6. The molecule has 16 heteroatoms. The van der Waals surface area contributed by atoms with Crippen LogP contribution < -0.4 is 30.4 Å². The van der Waals surface area contributed by atoms with Crippen LogP contribution in [0.1, 0.15) is 19.3 Å². The molecule has 2 heterocycles. The SMILES string of the molecule is COc1ccc(OCC2(C(N)=O)SCCCN2OC(=O)CC(=O)ON2CCCSC2(COc2ccc(OC)cc2)C(N)=O)cc1. The molecule has 2 saturated heterocycles. The first-order valence-corrected chi connectivity index (χ1v) is 16.0. The lowest BCUT2D eigenvalue weighted by atomic mass is 10.2. The van der Waals surface area contributed by atoms with Gasteiger partial charge in [0.25, 0.3) is 11.8 Å². The quantitative estimate of drug-likeness (QED) is 0.278. The number of thioether (sulfide) groups is 2. The van der Waals surface area contributed by atoms with Crippen molar-refractivity contribution >= 4 is 47.3 Å². The molecule has 2 aromatic rings. The molecule has 2 aliphatic heterocycles. The molecule has 2 atom stereocenters. The summed E-state index contributed by atoms with van der Waals surface area (Å²) >= 11 is 2.35. The molecule has 244 valence electrons. The summed E-state index contributed by atoms with van der Waals surface area (Å²) in [6.45, 7) is -0.0906. The van der Waals surface area contributed by atoms with Crippen molar-refractivity contribution in [1.29, 1.82) is 0 Å². The Bertz CT molecular complexity index is 1250. The summed E-state index contributed by atoms with van der Waals surface area (Å²) in [5.41, 5.74) is 11.6. The first-order chi connectivity index (χ1) is 21.6. The second-order valence-corrected chi connectivity index (χ2v) is 12.7. The summed E-state index contributed by atoms with van der Waals surface area (Å²) < 4.78 is 22.0. The minimum atomic E-state index is -1.54. The minimum Gasteiger partial charge on any atom is -0.497 e. The van der Waals surface area contributed by atoms with Gasteiger partial charge in [-0.15, -0.1) is 33.7 Å². The third kappa shape index (κ3) is 8.25. The minimum absolute atomic E-state index is 0.180. The third-order valence-corrected chi connectivity index (χ3v) is 9.96. The summed E-state index contributed by atoms with van der Waals surface area (Å²) in [5, 5.41) is 2.30. The van der Waals surface area contributed by atoms with Crippen LogP contribution in [0.5, 0.6) is 23.0 Å². The van der Waals surface area contributed by atoms with E-state index >= 15 is 0 Å². The number of ether oxygens (including phenoxy) is 4. The van der Waals surface area contributed by atoms with Crippen molar-refractivity contribution in [3.63, 3.8) is 0 Å². The molecule has 4 rings (SSSR count). The average Bonchev–Trinajstić information content (AvgIpc) is 3.04. The molecule has 2 aliphatic rings. The van der Waals surface area contributed by atoms with Gasteiger partial charge in [0.05, 0.1) is 14.2 Å². The van der Waals surface area contributed by atoms with E-state index in [1.807, 2.05) is 0 Å². The van der Waals surface area contributed by atoms with Crippen LogP contribution in [-0.2, 0) is 28.9 Å². The fourth-order valence-electron chi connectivity index (χ4n) is 4.53. The maximum atomic E-state index is 12.9. The topological polar surface area (TPSA) is 182 Å². The van der Waals surface area contributed by atoms with Crippen LogP contribution in [0.2, 0.25) is 0 Å². The van der Waals surface area contributed by atoms with Crippen LogP contribution in [0.25, 0.3) is 0 Å². The molecule has 2 aromatic carbocycles. The number of hydroxylamine groups is 4. The molecule has 0 radical (unpaired) electrons. The van der Waals surface area contributed by atoms with E-state index in [2.05, 4.69) is 0 Å². The summed E-state index contributed by atoms with van der Waals surface area (Å²) in [7, 11) is 3.08. The van der Waals surface area contributed by atoms with Crippen LogP contribution in [0.15, 0.2) is 48.5 Å². The number of rotatable bonds is 14. The van der Waals surface area contributed by atoms with E-state index in [-0.39, 0.29) is 26.3 Å². The lowest BCUT2D eigenvalue weighted by Crippen LogP contribution is -2.62. The molecule has 0 spiro atoms. The lowest BCUT2D eigenvalue weighted by Gasteiger charge is -2.42. The van der Waals surface area contributed by atoms with Crippen molar-refractivity contribution < 1.29 is 47.8 Å². The van der Waals surface area contributed by atoms with Gasteiger partial charge in [0.1, 0.15) is 42.6 Å². The first-order valence-electron chi connectivity index (χ1n) is 14.0. The molecule has 0 bridgehead atoms. The van der Waals surface area contributed by atoms with Crippen LogP contribution in [0, 0.1) is 0 Å². The van der Waals surface area contributed by atoms with Crippen LogP contribution in [0.4, 0.5) is 0 Å². The van der Waals surface area contributed by atoms with Crippen LogP contribution in [0.3, 0.4) is 0 Å². The summed E-state index contributed by atoms with van der Waals surface area (Å²) in [6.07, 6.45) is 0.352. The molecule has 14 nitrogen and oxygen atoms in total. The Morgan fingerprint density at radius 3 is 1.36 bits per heavy atom. The van der Waals surface area contributed by atoms with Gasteiger partial charge in [-0.1, -0.05) is 0 Å². The number of benzene rings is 2. The number of methoxy groups -OCH3 is 2. The highest BCUT2D eigenvalue weighted by molar-refractivity contribution is 8.01. The summed E-state index contributed by atoms with van der Waals surface area (Å²) in [6, 6.07) is 13.5. The van der Waals surface area contributed by atoms with Crippen LogP contribution in [-0.4, -0.2) is 95.6 Å². The summed E-state index contributed by atoms with van der Waals surface area (Å²) in [4.78, 5) is 59.2. The lowest BCUT2D eigenvalue weighted by molar-refractivity contribution is -0.221. The Morgan fingerprint density at radius 2 is 1.02 bits per heavy atom. The molecule has 2 amide bonds. The van der Waals surface area contributed by atoms with E-state index < -0.39 is 39.9 Å². The number of nitrogens with two attached hydrogens (primary N) is 2. The molecule has 2 unspecified atom stereocenters. The third-order valence-electron chi connectivity index (χ3n) is 6.97. The molecule has 0 aliphatic carbocycles. The van der Waals surface area contributed by atoms with Gasteiger partial charge in [0.2, 0.25) is 9.74 Å². The van der Waals surface area contributed by atoms with E-state index in [1.54, 1.807) is 48.5 Å². The summed E-state index contributed by atoms with van der Waals surface area (Å²) in [5.74, 6) is -0.241. The van der Waals surface area contributed by atoms with Crippen molar-refractivity contribution in [2.75, 3.05) is 52.0 Å². The number of primary amides is 2. The predicted molar refractivity (Wildman–Crippen MR) is 165 cm³/mol. The highest BCUT2D eigenvalue weighted by atomic mass is 32.2. The average molecular weight is 665 g/mol. The molecule has 45 heavy (non-hydrogen) atoms. The Balaban J connectivity index is 1.39. The molecular formula is C29H36N4O10S2. The molecule has 0 saturated carbocycles. The predicted octanol–water partition coefficient (Wildman–Crippen LogP) is 1.71. The Morgan fingerprint density at radius 1 is 0.667 bits per heavy atom. The molecular weight excluding hydrogens is 628 g/mol. The zero-order chi connectivity index (χ0) is 32.5. The normalized spacial score (nSPS) is 22.1. The van der Waals surface area contributed by atoms with Gasteiger partial charge in [-0.2, -0.15) is 0 Å². The molecule has 0 aromatic heterocycles. The van der Waals surface area contributed by atoms with Gasteiger partial charge in [-0.05, 0) is 72.9 Å². The number of hydrogen-bond donors (Lipinski definition) is 2. The number of hydrogen-bond acceptors (Lipinski definition) is 14. The van der Waals surface area contributed by atoms with Crippen molar-refractivity contribution in [2.45, 2.75) is 29.0 Å². The number of carbonyl (C=O) groups excluding carboxylic acids is 4. The Labute approximate surface area is 268 Å². The van der Waals surface area contributed by atoms with Gasteiger partial charge < -0.3 is 40.1 Å². The van der Waals surface area contributed by atoms with Gasteiger partial charge in [-0.25, -0.2) is 9.59 Å². The van der Waals surface area contributed by atoms with E-state index in [0.717, 1.165) is 10.1 Å². The Kier molecular flexibility index (Phi) is 11.7. The zero-order valence-electron chi connectivity index (χ0n) is 24.9. The second-order valence-electron chi connectivity index (χ2n) is 9.94. The highest BCUT2D eigenvalue weighted by Crippen LogP contribution is 2.37. The largest absolute Gasteiger partial charge is 0.497 e. The van der Waals surface area contributed by atoms with Gasteiger partial charge in [0, 0.05) is 13.1 Å². The Hall–Kier alpha value is -3.86. The maximum Gasteiger partial charge on any atom is 0.336 e. The molecule has 2 fully saturated rings. The number of amides is 2. The van der Waals surface area contributed by atoms with Crippen molar-refractivity contribution in [1.82, 2.24) is 10.1 Å². The number of carbonyl (C=O) groups is 4.